The number of benzene rings is 1. The van der Waals surface area contributed by atoms with Crippen LogP contribution >= 0.6 is 0 Å². The lowest BCUT2D eigenvalue weighted by molar-refractivity contribution is 0.243. The summed E-state index contributed by atoms with van der Waals surface area (Å²) in [6, 6.07) is 9.17. The lowest BCUT2D eigenvalue weighted by atomic mass is 9.78. The summed E-state index contributed by atoms with van der Waals surface area (Å²) in [7, 11) is 0. The van der Waals surface area contributed by atoms with E-state index in [9.17, 15) is 5.26 Å². The molecule has 2 aliphatic rings. The van der Waals surface area contributed by atoms with Crippen molar-refractivity contribution in [2.24, 2.45) is 5.92 Å². The van der Waals surface area contributed by atoms with Gasteiger partial charge in [-0.15, -0.1) is 0 Å². The van der Waals surface area contributed by atoms with E-state index in [0.29, 0.717) is 6.04 Å². The Bertz CT molecular complexity index is 498. The molecule has 1 aromatic carbocycles. The number of hydrogen-bond donors (Lipinski definition) is 0. The molecular weight excluding hydrogens is 232 g/mol. The molecule has 2 heteroatoms. The van der Waals surface area contributed by atoms with Gasteiger partial charge < -0.3 is 4.90 Å². The van der Waals surface area contributed by atoms with Crippen LogP contribution in [0.25, 0.3) is 0 Å². The van der Waals surface area contributed by atoms with Crippen molar-refractivity contribution >= 4 is 5.69 Å². The van der Waals surface area contributed by atoms with Crippen molar-refractivity contribution in [2.45, 2.75) is 51.5 Å². The van der Waals surface area contributed by atoms with Gasteiger partial charge in [-0.05, 0) is 50.2 Å². The number of rotatable bonds is 1. The molecule has 0 bridgehead atoms. The van der Waals surface area contributed by atoms with Gasteiger partial charge in [-0.2, -0.15) is 5.26 Å². The van der Waals surface area contributed by atoms with E-state index >= 15 is 0 Å². The highest BCUT2D eigenvalue weighted by atomic mass is 15.2. The number of fused-ring (bicyclic) bond motifs is 1. The van der Waals surface area contributed by atoms with Crippen LogP contribution < -0.4 is 4.90 Å². The van der Waals surface area contributed by atoms with Crippen LogP contribution in [0.1, 0.15) is 49.7 Å². The van der Waals surface area contributed by atoms with Crippen LogP contribution in [0.15, 0.2) is 18.2 Å². The molecule has 1 aliphatic carbocycles. The summed E-state index contributed by atoms with van der Waals surface area (Å²) < 4.78 is 0. The SMILES string of the molecule is Cc1cccc(C#N)c1N1CCC[C@H]2CCCC[C@H]21. The fourth-order valence-electron chi connectivity index (χ4n) is 4.03. The maximum Gasteiger partial charge on any atom is 0.101 e. The van der Waals surface area contributed by atoms with E-state index in [0.717, 1.165) is 18.0 Å². The van der Waals surface area contributed by atoms with Crippen molar-refractivity contribution in [1.82, 2.24) is 0 Å². The number of aryl methyl sites for hydroxylation is 1. The molecule has 0 amide bonds. The van der Waals surface area contributed by atoms with Crippen LogP contribution in [0, 0.1) is 24.2 Å². The Morgan fingerprint density at radius 1 is 1.16 bits per heavy atom. The highest BCUT2D eigenvalue weighted by Gasteiger charge is 2.34. The third-order valence-electron chi connectivity index (χ3n) is 4.89. The molecule has 0 aromatic heterocycles. The normalized spacial score (nSPS) is 26.6. The summed E-state index contributed by atoms with van der Waals surface area (Å²) in [6.07, 6.45) is 8.10. The average molecular weight is 254 g/mol. The molecule has 0 radical (unpaired) electrons. The molecule has 1 aromatic rings. The van der Waals surface area contributed by atoms with Crippen LogP contribution in [-0.2, 0) is 0 Å². The first-order valence-corrected chi connectivity index (χ1v) is 7.57. The number of hydrogen-bond acceptors (Lipinski definition) is 2. The first-order valence-electron chi connectivity index (χ1n) is 7.57. The Balaban J connectivity index is 1.99. The highest BCUT2D eigenvalue weighted by molar-refractivity contribution is 5.64. The molecule has 19 heavy (non-hydrogen) atoms. The van der Waals surface area contributed by atoms with Crippen molar-refractivity contribution in [1.29, 1.82) is 5.26 Å². The van der Waals surface area contributed by atoms with E-state index in [4.69, 9.17) is 0 Å². The Morgan fingerprint density at radius 3 is 2.79 bits per heavy atom. The number of nitrogens with zero attached hydrogens (tertiary/aromatic N) is 2. The topological polar surface area (TPSA) is 27.0 Å². The zero-order valence-corrected chi connectivity index (χ0v) is 11.7. The summed E-state index contributed by atoms with van der Waals surface area (Å²) in [5.41, 5.74) is 3.32. The molecule has 1 aliphatic heterocycles. The van der Waals surface area contributed by atoms with Gasteiger partial charge in [0.25, 0.3) is 0 Å². The largest absolute Gasteiger partial charge is 0.367 e. The van der Waals surface area contributed by atoms with Gasteiger partial charge >= 0.3 is 0 Å². The van der Waals surface area contributed by atoms with Crippen molar-refractivity contribution in [3.05, 3.63) is 29.3 Å². The van der Waals surface area contributed by atoms with Gasteiger partial charge in [0.15, 0.2) is 0 Å². The van der Waals surface area contributed by atoms with Crippen molar-refractivity contribution < 1.29 is 0 Å². The molecule has 100 valence electrons. The van der Waals surface area contributed by atoms with E-state index in [1.165, 1.54) is 49.8 Å². The molecule has 3 rings (SSSR count). The van der Waals surface area contributed by atoms with Gasteiger partial charge in [0, 0.05) is 12.6 Å². The zero-order valence-electron chi connectivity index (χ0n) is 11.7. The smallest absolute Gasteiger partial charge is 0.101 e. The van der Waals surface area contributed by atoms with Gasteiger partial charge in [0.05, 0.1) is 11.3 Å². The van der Waals surface area contributed by atoms with Gasteiger partial charge in [0.2, 0.25) is 0 Å². The summed E-state index contributed by atoms with van der Waals surface area (Å²) in [5.74, 6) is 0.855. The van der Waals surface area contributed by atoms with Gasteiger partial charge in [-0.1, -0.05) is 25.0 Å². The number of nitriles is 1. The molecule has 1 saturated heterocycles. The number of piperidine rings is 1. The molecule has 0 spiro atoms. The fourth-order valence-corrected chi connectivity index (χ4v) is 4.03. The third-order valence-corrected chi connectivity index (χ3v) is 4.89. The van der Waals surface area contributed by atoms with Gasteiger partial charge in [-0.25, -0.2) is 0 Å². The molecule has 1 saturated carbocycles. The zero-order chi connectivity index (χ0) is 13.2. The van der Waals surface area contributed by atoms with Gasteiger partial charge in [0.1, 0.15) is 6.07 Å². The molecule has 2 fully saturated rings. The Labute approximate surface area is 116 Å². The first-order chi connectivity index (χ1) is 9.31. The average Bonchev–Trinajstić information content (AvgIpc) is 2.46. The van der Waals surface area contributed by atoms with Crippen molar-refractivity contribution in [3.63, 3.8) is 0 Å². The predicted octanol–water partition coefficient (Wildman–Crippen LogP) is 4.03. The second kappa shape index (κ2) is 5.25. The molecule has 2 nitrogen and oxygen atoms in total. The highest BCUT2D eigenvalue weighted by Crippen LogP contribution is 2.39. The minimum absolute atomic E-state index is 0.677. The summed E-state index contributed by atoms with van der Waals surface area (Å²) in [4.78, 5) is 2.56. The fraction of sp³-hybridized carbons (Fsp3) is 0.588. The van der Waals surface area contributed by atoms with Gasteiger partial charge in [-0.3, -0.25) is 0 Å². The monoisotopic (exact) mass is 254 g/mol. The second-order valence-corrected chi connectivity index (χ2v) is 6.03. The summed E-state index contributed by atoms with van der Waals surface area (Å²) in [6.45, 7) is 3.27. The quantitative estimate of drug-likeness (QED) is 0.756. The Kier molecular flexibility index (Phi) is 3.46. The van der Waals surface area contributed by atoms with E-state index in [1.54, 1.807) is 0 Å². The van der Waals surface area contributed by atoms with E-state index in [-0.39, 0.29) is 0 Å². The molecule has 1 heterocycles. The Morgan fingerprint density at radius 2 is 1.95 bits per heavy atom. The maximum atomic E-state index is 9.39. The molecule has 0 N–H and O–H groups in total. The number of anilines is 1. The van der Waals surface area contributed by atoms with Crippen molar-refractivity contribution in [2.75, 3.05) is 11.4 Å². The molecule has 2 atom stereocenters. The lowest BCUT2D eigenvalue weighted by Crippen LogP contribution is -2.47. The second-order valence-electron chi connectivity index (χ2n) is 6.03. The molecule has 0 unspecified atom stereocenters. The first kappa shape index (κ1) is 12.5. The van der Waals surface area contributed by atoms with Crippen LogP contribution in [-0.4, -0.2) is 12.6 Å². The summed E-state index contributed by atoms with van der Waals surface area (Å²) >= 11 is 0. The standard InChI is InChI=1S/C17H22N2/c1-13-6-4-8-15(12-18)17(13)19-11-5-9-14-7-2-3-10-16(14)19/h4,6,8,14,16H,2-3,5,7,9-11H2,1H3/t14-,16-/m1/s1. The van der Waals surface area contributed by atoms with E-state index < -0.39 is 0 Å². The van der Waals surface area contributed by atoms with E-state index in [1.807, 2.05) is 12.1 Å². The minimum Gasteiger partial charge on any atom is -0.367 e. The number of para-hydroxylation sites is 1. The van der Waals surface area contributed by atoms with Crippen LogP contribution in [0.5, 0.6) is 0 Å². The van der Waals surface area contributed by atoms with Crippen LogP contribution in [0.4, 0.5) is 5.69 Å². The van der Waals surface area contributed by atoms with Crippen LogP contribution in [0.3, 0.4) is 0 Å². The lowest BCUT2D eigenvalue weighted by Gasteiger charge is -2.46. The summed E-state index contributed by atoms with van der Waals surface area (Å²) in [5, 5.41) is 9.39. The minimum atomic E-state index is 0.677. The maximum absolute atomic E-state index is 9.39. The van der Waals surface area contributed by atoms with Crippen molar-refractivity contribution in [3.8, 4) is 6.07 Å². The van der Waals surface area contributed by atoms with E-state index in [2.05, 4.69) is 24.0 Å². The Hall–Kier alpha value is -1.49. The van der Waals surface area contributed by atoms with Crippen LogP contribution in [0.2, 0.25) is 0 Å². The third kappa shape index (κ3) is 2.23. The predicted molar refractivity (Wildman–Crippen MR) is 78.2 cm³/mol. The molecular formula is C17H22N2.